The van der Waals surface area contributed by atoms with Crippen molar-refractivity contribution in [3.8, 4) is 51.4 Å². The van der Waals surface area contributed by atoms with Crippen LogP contribution in [0.5, 0.6) is 0 Å². The van der Waals surface area contributed by atoms with Gasteiger partial charge in [-0.15, -0.1) is 0 Å². The molecule has 0 saturated heterocycles. The fraction of sp³-hybridized carbons (Fsp3) is 0.0889. The number of nitriles is 1. The SMILES string of the molecule is N#Cc1ccc(-c2nc(NCCNc3ccc([N+](=O)[O-])cn3)ncc2-c2ncc[nH]2)cc1.O=[N+]([O-])c1ccc(NCCNc2nccc(-c3ccc(-c4nc5ccccc5[nH]4)cc3)n2)nc1. The molecule has 6 N–H and O–H groups in total. The molecular formula is C45H37N17O4. The van der Waals surface area contributed by atoms with Gasteiger partial charge in [-0.05, 0) is 42.5 Å². The van der Waals surface area contributed by atoms with Gasteiger partial charge in [-0.3, -0.25) is 20.2 Å². The van der Waals surface area contributed by atoms with Crippen LogP contribution < -0.4 is 21.3 Å². The number of benzene rings is 3. The molecule has 0 aliphatic heterocycles. The van der Waals surface area contributed by atoms with Crippen molar-refractivity contribution < 1.29 is 9.85 Å². The molecule has 3 aromatic carbocycles. The van der Waals surface area contributed by atoms with E-state index in [9.17, 15) is 20.2 Å². The van der Waals surface area contributed by atoms with E-state index in [2.05, 4.69) is 77.2 Å². The Morgan fingerprint density at radius 1 is 0.576 bits per heavy atom. The molecule has 9 rings (SSSR count). The number of anilines is 4. The van der Waals surface area contributed by atoms with Crippen LogP contribution in [0, 0.1) is 31.6 Å². The highest BCUT2D eigenvalue weighted by atomic mass is 16.6. The molecule has 0 aliphatic carbocycles. The molecule has 326 valence electrons. The van der Waals surface area contributed by atoms with Crippen LogP contribution >= 0.6 is 0 Å². The molecule has 0 atom stereocenters. The quantitative estimate of drug-likeness (QED) is 0.0307. The number of para-hydroxylation sites is 2. The molecule has 6 aromatic heterocycles. The van der Waals surface area contributed by atoms with Gasteiger partial charge in [-0.1, -0.05) is 48.5 Å². The lowest BCUT2D eigenvalue weighted by Crippen LogP contribution is -2.16. The van der Waals surface area contributed by atoms with E-state index in [1.54, 1.807) is 49.1 Å². The molecule has 21 nitrogen and oxygen atoms in total. The van der Waals surface area contributed by atoms with Gasteiger partial charge < -0.3 is 31.2 Å². The minimum Gasteiger partial charge on any atom is -0.368 e. The summed E-state index contributed by atoms with van der Waals surface area (Å²) in [5.41, 5.74) is 7.41. The van der Waals surface area contributed by atoms with Gasteiger partial charge in [0, 0.05) is 79.8 Å². The Hall–Kier alpha value is -9.71. The van der Waals surface area contributed by atoms with Gasteiger partial charge in [-0.25, -0.2) is 39.9 Å². The Bertz CT molecular complexity index is 3070. The van der Waals surface area contributed by atoms with Crippen molar-refractivity contribution in [2.75, 3.05) is 47.4 Å². The maximum absolute atomic E-state index is 10.7. The molecule has 0 aliphatic rings. The lowest BCUT2D eigenvalue weighted by atomic mass is 10.1. The summed E-state index contributed by atoms with van der Waals surface area (Å²) in [6.45, 7) is 2.09. The first-order valence-corrected chi connectivity index (χ1v) is 20.2. The first-order chi connectivity index (χ1) is 32.3. The van der Waals surface area contributed by atoms with Gasteiger partial charge in [0.25, 0.3) is 11.4 Å². The normalized spacial score (nSPS) is 10.6. The summed E-state index contributed by atoms with van der Waals surface area (Å²) in [5, 5.41) is 42.9. The van der Waals surface area contributed by atoms with Gasteiger partial charge in [0.1, 0.15) is 35.7 Å². The van der Waals surface area contributed by atoms with Crippen molar-refractivity contribution in [1.82, 2.24) is 49.8 Å². The fourth-order valence-corrected chi connectivity index (χ4v) is 6.40. The highest BCUT2D eigenvalue weighted by Gasteiger charge is 2.14. The Kier molecular flexibility index (Phi) is 13.3. The first kappa shape index (κ1) is 43.0. The highest BCUT2D eigenvalue weighted by molar-refractivity contribution is 5.80. The second-order valence-electron chi connectivity index (χ2n) is 14.1. The van der Waals surface area contributed by atoms with E-state index in [4.69, 9.17) is 5.26 Å². The average Bonchev–Trinajstić information content (AvgIpc) is 4.07. The van der Waals surface area contributed by atoms with Crippen LogP contribution in [-0.2, 0) is 0 Å². The Labute approximate surface area is 374 Å². The summed E-state index contributed by atoms with van der Waals surface area (Å²) in [6, 6.07) is 33.0. The van der Waals surface area contributed by atoms with Crippen molar-refractivity contribution in [1.29, 1.82) is 5.26 Å². The van der Waals surface area contributed by atoms with E-state index in [1.165, 1.54) is 24.5 Å². The molecular weight excluding hydrogens is 843 g/mol. The number of hydrogen-bond acceptors (Lipinski definition) is 17. The number of hydrogen-bond donors (Lipinski definition) is 6. The summed E-state index contributed by atoms with van der Waals surface area (Å²) in [7, 11) is 0. The van der Waals surface area contributed by atoms with Crippen molar-refractivity contribution in [3.63, 3.8) is 0 Å². The fourth-order valence-electron chi connectivity index (χ4n) is 6.40. The molecule has 0 amide bonds. The number of nitrogens with one attached hydrogen (secondary N) is 6. The number of imidazole rings is 2. The van der Waals surface area contributed by atoms with E-state index >= 15 is 0 Å². The largest absolute Gasteiger partial charge is 0.368 e. The zero-order valence-corrected chi connectivity index (χ0v) is 34.7. The van der Waals surface area contributed by atoms with Crippen LogP contribution in [0.2, 0.25) is 0 Å². The zero-order valence-electron chi connectivity index (χ0n) is 34.7. The molecule has 66 heavy (non-hydrogen) atoms. The van der Waals surface area contributed by atoms with Gasteiger partial charge in [0.05, 0.1) is 49.5 Å². The average molecular weight is 880 g/mol. The Balaban J connectivity index is 0.000000180. The van der Waals surface area contributed by atoms with E-state index in [0.29, 0.717) is 66.8 Å². The van der Waals surface area contributed by atoms with E-state index < -0.39 is 9.85 Å². The predicted molar refractivity (Wildman–Crippen MR) is 248 cm³/mol. The smallest absolute Gasteiger partial charge is 0.287 e. The molecule has 0 bridgehead atoms. The van der Waals surface area contributed by atoms with E-state index in [0.717, 1.165) is 44.8 Å². The maximum atomic E-state index is 10.7. The van der Waals surface area contributed by atoms with Gasteiger partial charge in [-0.2, -0.15) is 5.26 Å². The standard InChI is InChI=1S/C24H20N8O2.C21H17N9O2/c33-32(34)18-9-10-22(28-15-18)25-13-14-27-24-26-12-11-19(31-24)16-5-7-17(8-6-16)23-29-20-3-1-2-4-21(20)30-23;22-11-14-1-3-15(4-2-14)19-17(20-24-8-9-25-20)13-28-21(29-19)26-10-7-23-18-6-5-16(12-27-18)30(31)32/h1-12,15H,13-14H2,(H,25,28)(H,29,30)(H,26,27,31);1-6,8-9,12-13H,7,10H2,(H,23,27)(H,24,25)(H,26,28,29). The van der Waals surface area contributed by atoms with Crippen molar-refractivity contribution in [3.05, 3.63) is 166 Å². The number of H-pyrrole nitrogens is 2. The molecule has 0 spiro atoms. The third-order valence-electron chi connectivity index (χ3n) is 9.67. The molecule has 9 aromatic rings. The molecule has 0 unspecified atom stereocenters. The minimum atomic E-state index is -0.493. The molecule has 0 radical (unpaired) electrons. The van der Waals surface area contributed by atoms with Crippen LogP contribution in [0.1, 0.15) is 5.56 Å². The third kappa shape index (κ3) is 10.8. The zero-order chi connectivity index (χ0) is 45.7. The Morgan fingerprint density at radius 3 is 1.79 bits per heavy atom. The second kappa shape index (κ2) is 20.4. The first-order valence-electron chi connectivity index (χ1n) is 20.2. The number of fused-ring (bicyclic) bond motifs is 1. The minimum absolute atomic E-state index is 0.0421. The maximum Gasteiger partial charge on any atom is 0.287 e. The topological polar surface area (TPSA) is 293 Å². The summed E-state index contributed by atoms with van der Waals surface area (Å²) < 4.78 is 0. The van der Waals surface area contributed by atoms with Crippen LogP contribution in [0.3, 0.4) is 0 Å². The Morgan fingerprint density at radius 2 is 1.20 bits per heavy atom. The molecule has 0 fully saturated rings. The number of aromatic amines is 2. The number of nitrogens with zero attached hydrogens (tertiary/aromatic N) is 11. The molecule has 0 saturated carbocycles. The van der Waals surface area contributed by atoms with Crippen LogP contribution in [-0.4, -0.2) is 85.9 Å². The van der Waals surface area contributed by atoms with Gasteiger partial charge in [0.15, 0.2) is 0 Å². The van der Waals surface area contributed by atoms with Crippen LogP contribution in [0.25, 0.3) is 56.3 Å². The number of aromatic nitrogens is 10. The van der Waals surface area contributed by atoms with Gasteiger partial charge in [0.2, 0.25) is 11.9 Å². The van der Waals surface area contributed by atoms with Crippen molar-refractivity contribution in [2.24, 2.45) is 0 Å². The number of nitro groups is 2. The van der Waals surface area contributed by atoms with Crippen molar-refractivity contribution in [2.45, 2.75) is 0 Å². The number of rotatable bonds is 16. The molecule has 21 heteroatoms. The van der Waals surface area contributed by atoms with Gasteiger partial charge >= 0.3 is 0 Å². The van der Waals surface area contributed by atoms with E-state index in [-0.39, 0.29) is 11.4 Å². The van der Waals surface area contributed by atoms with Crippen LogP contribution in [0.4, 0.5) is 34.9 Å². The highest BCUT2D eigenvalue weighted by Crippen LogP contribution is 2.29. The van der Waals surface area contributed by atoms with Crippen molar-refractivity contribution >= 4 is 45.9 Å². The van der Waals surface area contributed by atoms with Crippen LogP contribution in [0.15, 0.2) is 140 Å². The lowest BCUT2D eigenvalue weighted by molar-refractivity contribution is -0.385. The van der Waals surface area contributed by atoms with E-state index in [1.807, 2.05) is 66.7 Å². The third-order valence-corrected chi connectivity index (χ3v) is 9.67. The summed E-state index contributed by atoms with van der Waals surface area (Å²) >= 11 is 0. The predicted octanol–water partition coefficient (Wildman–Crippen LogP) is 7.75. The summed E-state index contributed by atoms with van der Waals surface area (Å²) in [5.74, 6) is 3.50. The number of pyridine rings is 2. The lowest BCUT2D eigenvalue weighted by Gasteiger charge is -2.11. The summed E-state index contributed by atoms with van der Waals surface area (Å²) in [6.07, 6.45) is 9.21. The summed E-state index contributed by atoms with van der Waals surface area (Å²) in [4.78, 5) is 61.7. The second-order valence-corrected chi connectivity index (χ2v) is 14.1. The molecule has 6 heterocycles. The monoisotopic (exact) mass is 879 g/mol.